The van der Waals surface area contributed by atoms with Crippen molar-refractivity contribution in [3.05, 3.63) is 23.8 Å². The maximum absolute atomic E-state index is 11.9. The van der Waals surface area contributed by atoms with E-state index in [4.69, 9.17) is 14.2 Å². The van der Waals surface area contributed by atoms with Crippen molar-refractivity contribution >= 4 is 11.8 Å². The van der Waals surface area contributed by atoms with Gasteiger partial charge in [0.05, 0.1) is 19.4 Å². The van der Waals surface area contributed by atoms with E-state index in [-0.39, 0.29) is 5.60 Å². The van der Waals surface area contributed by atoms with Gasteiger partial charge in [-0.05, 0) is 45.9 Å². The molecule has 0 saturated carbocycles. The Morgan fingerprint density at radius 3 is 2.55 bits per heavy atom. The predicted molar refractivity (Wildman–Crippen MR) is 76.2 cm³/mol. The summed E-state index contributed by atoms with van der Waals surface area (Å²) in [6.45, 7) is 8.08. The summed E-state index contributed by atoms with van der Waals surface area (Å²) in [6, 6.07) is 5.46. The highest BCUT2D eigenvalue weighted by Gasteiger charge is 2.43. The zero-order valence-electron chi connectivity index (χ0n) is 12.6. The Hall–Kier alpha value is -1.75. The molecule has 5 heteroatoms. The minimum Gasteiger partial charge on any atom is -0.497 e. The van der Waals surface area contributed by atoms with Crippen LogP contribution in [0.4, 0.5) is 10.5 Å². The van der Waals surface area contributed by atoms with Crippen molar-refractivity contribution < 1.29 is 19.0 Å². The third-order valence-electron chi connectivity index (χ3n) is 3.01. The largest absolute Gasteiger partial charge is 0.497 e. The number of amides is 1. The summed E-state index contributed by atoms with van der Waals surface area (Å²) in [5.74, 6) is 0.728. The maximum atomic E-state index is 11.9. The van der Waals surface area contributed by atoms with Crippen molar-refractivity contribution in [1.82, 2.24) is 0 Å². The molecule has 1 N–H and O–H groups in total. The first-order chi connectivity index (χ1) is 9.23. The molecule has 0 aliphatic carbocycles. The van der Waals surface area contributed by atoms with Gasteiger partial charge in [0, 0.05) is 5.56 Å². The topological polar surface area (TPSA) is 60.1 Å². The molecule has 1 heterocycles. The van der Waals surface area contributed by atoms with Crippen LogP contribution in [0.15, 0.2) is 18.2 Å². The first-order valence-electron chi connectivity index (χ1n) is 6.56. The van der Waals surface area contributed by atoms with E-state index in [0.717, 1.165) is 11.3 Å². The van der Waals surface area contributed by atoms with E-state index in [0.29, 0.717) is 12.3 Å². The van der Waals surface area contributed by atoms with Crippen molar-refractivity contribution in [2.75, 3.05) is 19.0 Å². The number of epoxide rings is 1. The number of carbonyl (C=O) groups is 1. The lowest BCUT2D eigenvalue weighted by Gasteiger charge is -2.21. The van der Waals surface area contributed by atoms with Gasteiger partial charge in [0.15, 0.2) is 0 Å². The number of benzene rings is 1. The number of hydrogen-bond donors (Lipinski definition) is 1. The van der Waals surface area contributed by atoms with E-state index in [1.807, 2.05) is 33.8 Å². The Bertz CT molecular complexity index is 515. The summed E-state index contributed by atoms with van der Waals surface area (Å²) in [7, 11) is 1.61. The molecule has 1 atom stereocenters. The summed E-state index contributed by atoms with van der Waals surface area (Å²) >= 11 is 0. The van der Waals surface area contributed by atoms with Crippen LogP contribution < -0.4 is 10.1 Å². The lowest BCUT2D eigenvalue weighted by Crippen LogP contribution is -2.27. The van der Waals surface area contributed by atoms with E-state index in [2.05, 4.69) is 5.32 Å². The van der Waals surface area contributed by atoms with E-state index in [1.54, 1.807) is 19.2 Å². The number of rotatable bonds is 3. The standard InChI is InChI=1S/C15H21NO4/c1-14(2,3)20-13(17)16-12-7-6-10(18-5)8-11(12)15(4)9-19-15/h6-8H,9H2,1-5H3,(H,16,17). The molecular weight excluding hydrogens is 258 g/mol. The molecule has 1 unspecified atom stereocenters. The number of ether oxygens (including phenoxy) is 3. The van der Waals surface area contributed by atoms with Crippen LogP contribution in [-0.2, 0) is 15.1 Å². The number of carbonyl (C=O) groups excluding carboxylic acids is 1. The van der Waals surface area contributed by atoms with Gasteiger partial charge >= 0.3 is 6.09 Å². The summed E-state index contributed by atoms with van der Waals surface area (Å²) in [6.07, 6.45) is -0.479. The molecule has 0 spiro atoms. The summed E-state index contributed by atoms with van der Waals surface area (Å²) in [5.41, 5.74) is 0.679. The lowest BCUT2D eigenvalue weighted by atomic mass is 9.99. The molecule has 0 bridgehead atoms. The second-order valence-corrected chi connectivity index (χ2v) is 6.06. The Balaban J connectivity index is 2.21. The monoisotopic (exact) mass is 279 g/mol. The van der Waals surface area contributed by atoms with Gasteiger partial charge < -0.3 is 14.2 Å². The normalized spacial score (nSPS) is 21.2. The summed E-state index contributed by atoms with van der Waals surface area (Å²) < 4.78 is 15.9. The van der Waals surface area contributed by atoms with Crippen LogP contribution in [0.1, 0.15) is 33.3 Å². The molecule has 5 nitrogen and oxygen atoms in total. The highest BCUT2D eigenvalue weighted by Crippen LogP contribution is 2.43. The highest BCUT2D eigenvalue weighted by atomic mass is 16.6. The zero-order valence-corrected chi connectivity index (χ0v) is 12.6. The molecule has 1 saturated heterocycles. The van der Waals surface area contributed by atoms with Crippen LogP contribution >= 0.6 is 0 Å². The molecular formula is C15H21NO4. The third-order valence-corrected chi connectivity index (χ3v) is 3.01. The molecule has 1 fully saturated rings. The first-order valence-corrected chi connectivity index (χ1v) is 6.56. The fourth-order valence-electron chi connectivity index (χ4n) is 1.87. The van der Waals surface area contributed by atoms with Gasteiger partial charge in [-0.15, -0.1) is 0 Å². The fraction of sp³-hybridized carbons (Fsp3) is 0.533. The van der Waals surface area contributed by atoms with E-state index >= 15 is 0 Å². The molecule has 0 radical (unpaired) electrons. The maximum Gasteiger partial charge on any atom is 0.412 e. The van der Waals surface area contributed by atoms with Crippen molar-refractivity contribution in [1.29, 1.82) is 0 Å². The van der Waals surface area contributed by atoms with Crippen LogP contribution in [0, 0.1) is 0 Å². The molecule has 110 valence electrons. The fourth-order valence-corrected chi connectivity index (χ4v) is 1.87. The SMILES string of the molecule is COc1ccc(NC(=O)OC(C)(C)C)c(C2(C)CO2)c1. The molecule has 20 heavy (non-hydrogen) atoms. The lowest BCUT2D eigenvalue weighted by molar-refractivity contribution is 0.0635. The van der Waals surface area contributed by atoms with Crippen molar-refractivity contribution in [3.8, 4) is 5.75 Å². The predicted octanol–water partition coefficient (Wildman–Crippen LogP) is 3.29. The van der Waals surface area contributed by atoms with Crippen molar-refractivity contribution in [2.45, 2.75) is 38.9 Å². The van der Waals surface area contributed by atoms with Crippen LogP contribution in [0.2, 0.25) is 0 Å². The number of anilines is 1. The van der Waals surface area contributed by atoms with Gasteiger partial charge in [0.2, 0.25) is 0 Å². The molecule has 1 aliphatic rings. The van der Waals surface area contributed by atoms with Gasteiger partial charge in [-0.25, -0.2) is 4.79 Å². The molecule has 1 amide bonds. The Morgan fingerprint density at radius 1 is 1.40 bits per heavy atom. The summed E-state index contributed by atoms with van der Waals surface area (Å²) in [5, 5.41) is 2.77. The zero-order chi connectivity index (χ0) is 15.0. The number of hydrogen-bond acceptors (Lipinski definition) is 4. The smallest absolute Gasteiger partial charge is 0.412 e. The second-order valence-electron chi connectivity index (χ2n) is 6.06. The molecule has 1 aromatic carbocycles. The minimum atomic E-state index is -0.531. The Kier molecular flexibility index (Phi) is 3.65. The Morgan fingerprint density at radius 2 is 2.05 bits per heavy atom. The van der Waals surface area contributed by atoms with Gasteiger partial charge in [0.25, 0.3) is 0 Å². The first kappa shape index (κ1) is 14.7. The van der Waals surface area contributed by atoms with E-state index < -0.39 is 11.7 Å². The number of nitrogens with one attached hydrogen (secondary N) is 1. The van der Waals surface area contributed by atoms with Crippen LogP contribution in [-0.4, -0.2) is 25.4 Å². The minimum absolute atomic E-state index is 0.362. The van der Waals surface area contributed by atoms with Crippen LogP contribution in [0.25, 0.3) is 0 Å². The third kappa shape index (κ3) is 3.42. The summed E-state index contributed by atoms with van der Waals surface area (Å²) in [4.78, 5) is 11.9. The van der Waals surface area contributed by atoms with E-state index in [1.165, 1.54) is 0 Å². The van der Waals surface area contributed by atoms with Gasteiger partial charge in [-0.3, -0.25) is 5.32 Å². The highest BCUT2D eigenvalue weighted by molar-refractivity contribution is 5.86. The van der Waals surface area contributed by atoms with Crippen LogP contribution in [0.5, 0.6) is 5.75 Å². The van der Waals surface area contributed by atoms with Gasteiger partial charge in [0.1, 0.15) is 17.0 Å². The van der Waals surface area contributed by atoms with Gasteiger partial charge in [-0.2, -0.15) is 0 Å². The quantitative estimate of drug-likeness (QED) is 0.862. The van der Waals surface area contributed by atoms with Crippen LogP contribution in [0.3, 0.4) is 0 Å². The average Bonchev–Trinajstić information content (AvgIpc) is 3.06. The second kappa shape index (κ2) is 4.98. The van der Waals surface area contributed by atoms with Crippen molar-refractivity contribution in [2.24, 2.45) is 0 Å². The Labute approximate surface area is 119 Å². The van der Waals surface area contributed by atoms with Gasteiger partial charge in [-0.1, -0.05) is 0 Å². The van der Waals surface area contributed by atoms with Crippen molar-refractivity contribution in [3.63, 3.8) is 0 Å². The molecule has 0 aromatic heterocycles. The van der Waals surface area contributed by atoms with E-state index in [9.17, 15) is 4.79 Å². The number of methoxy groups -OCH3 is 1. The molecule has 2 rings (SSSR count). The average molecular weight is 279 g/mol. The molecule has 1 aliphatic heterocycles. The molecule has 1 aromatic rings.